The Morgan fingerprint density at radius 2 is 1.81 bits per heavy atom. The quantitative estimate of drug-likeness (QED) is 0.331. The fourth-order valence-corrected chi connectivity index (χ4v) is 3.81. The average molecular weight is 501 g/mol. The first kappa shape index (κ1) is 25.3. The molecule has 0 radical (unpaired) electrons. The SMILES string of the molecule is COCCCn1c(NC(=O)Nc2ccc(C#N)cc2)nc2cc(N(C)C(=O)c3ccc(F)cc3)ccc21. The summed E-state index contributed by atoms with van der Waals surface area (Å²) in [6.07, 6.45) is 0.693. The van der Waals surface area contributed by atoms with Gasteiger partial charge in [0.2, 0.25) is 5.95 Å². The molecule has 37 heavy (non-hydrogen) atoms. The molecule has 0 atom stereocenters. The van der Waals surface area contributed by atoms with Crippen LogP contribution < -0.4 is 15.5 Å². The summed E-state index contributed by atoms with van der Waals surface area (Å²) < 4.78 is 20.3. The number of aryl methyl sites for hydroxylation is 1. The van der Waals surface area contributed by atoms with Crippen LogP contribution in [0.3, 0.4) is 0 Å². The number of hydrogen-bond donors (Lipinski definition) is 2. The minimum Gasteiger partial charge on any atom is -0.385 e. The number of benzene rings is 3. The van der Waals surface area contributed by atoms with E-state index in [9.17, 15) is 14.0 Å². The van der Waals surface area contributed by atoms with Gasteiger partial charge in [0.1, 0.15) is 5.82 Å². The topological polar surface area (TPSA) is 112 Å². The number of methoxy groups -OCH3 is 1. The minimum atomic E-state index is -0.489. The summed E-state index contributed by atoms with van der Waals surface area (Å²) in [5.41, 5.74) is 3.33. The second kappa shape index (κ2) is 11.3. The van der Waals surface area contributed by atoms with Crippen LogP contribution in [0.25, 0.3) is 11.0 Å². The molecule has 0 unspecified atom stereocenters. The van der Waals surface area contributed by atoms with Crippen LogP contribution in [0.15, 0.2) is 66.7 Å². The molecule has 0 aliphatic heterocycles. The van der Waals surface area contributed by atoms with Crippen molar-refractivity contribution in [3.05, 3.63) is 83.7 Å². The fraction of sp³-hybridized carbons (Fsp3) is 0.185. The first-order chi connectivity index (χ1) is 17.9. The van der Waals surface area contributed by atoms with E-state index in [-0.39, 0.29) is 5.91 Å². The van der Waals surface area contributed by atoms with Crippen LogP contribution >= 0.6 is 0 Å². The number of urea groups is 1. The lowest BCUT2D eigenvalue weighted by molar-refractivity contribution is 0.0993. The standard InChI is InChI=1S/C27H25FN6O3/c1-33(25(35)19-6-8-20(28)9-7-19)22-12-13-24-23(16-22)31-26(34(24)14-3-15-37-2)32-27(36)30-21-10-4-18(17-29)5-11-21/h4-13,16H,3,14-15H2,1-2H3,(H2,30,31,32,36). The number of nitrogens with one attached hydrogen (secondary N) is 2. The van der Waals surface area contributed by atoms with Crippen LogP contribution in [0.1, 0.15) is 22.3 Å². The van der Waals surface area contributed by atoms with Gasteiger partial charge in [0.25, 0.3) is 5.91 Å². The third-order valence-electron chi connectivity index (χ3n) is 5.74. The zero-order valence-electron chi connectivity index (χ0n) is 20.4. The number of hydrogen-bond acceptors (Lipinski definition) is 5. The molecule has 0 fully saturated rings. The molecule has 10 heteroatoms. The van der Waals surface area contributed by atoms with E-state index >= 15 is 0 Å². The van der Waals surface area contributed by atoms with Crippen molar-refractivity contribution in [2.24, 2.45) is 0 Å². The number of ether oxygens (including phenoxy) is 1. The van der Waals surface area contributed by atoms with Gasteiger partial charge in [-0.3, -0.25) is 10.1 Å². The summed E-state index contributed by atoms with van der Waals surface area (Å²) >= 11 is 0. The Labute approximate surface area is 213 Å². The molecule has 0 spiro atoms. The molecule has 4 aromatic rings. The molecular formula is C27H25FN6O3. The number of fused-ring (bicyclic) bond motifs is 1. The van der Waals surface area contributed by atoms with E-state index in [1.165, 1.54) is 29.2 Å². The zero-order valence-corrected chi connectivity index (χ0v) is 20.4. The maximum Gasteiger partial charge on any atom is 0.326 e. The van der Waals surface area contributed by atoms with Crippen LogP contribution in [0, 0.1) is 17.1 Å². The molecule has 0 aliphatic rings. The lowest BCUT2D eigenvalue weighted by Crippen LogP contribution is -2.26. The van der Waals surface area contributed by atoms with E-state index in [1.54, 1.807) is 50.6 Å². The molecule has 9 nitrogen and oxygen atoms in total. The van der Waals surface area contributed by atoms with E-state index in [0.717, 1.165) is 5.52 Å². The maximum absolute atomic E-state index is 13.3. The molecule has 1 heterocycles. The van der Waals surface area contributed by atoms with Crippen molar-refractivity contribution in [3.63, 3.8) is 0 Å². The second-order valence-electron chi connectivity index (χ2n) is 8.25. The Morgan fingerprint density at radius 1 is 1.08 bits per heavy atom. The molecule has 2 N–H and O–H groups in total. The summed E-state index contributed by atoms with van der Waals surface area (Å²) in [5.74, 6) is -0.371. The van der Waals surface area contributed by atoms with Crippen LogP contribution in [0.5, 0.6) is 0 Å². The highest BCUT2D eigenvalue weighted by molar-refractivity contribution is 6.06. The maximum atomic E-state index is 13.3. The van der Waals surface area contributed by atoms with Gasteiger partial charge < -0.3 is 19.5 Å². The summed E-state index contributed by atoms with van der Waals surface area (Å²) in [5, 5.41) is 14.5. The molecule has 0 saturated heterocycles. The Hall–Kier alpha value is -4.75. The van der Waals surface area contributed by atoms with Crippen molar-refractivity contribution in [3.8, 4) is 6.07 Å². The van der Waals surface area contributed by atoms with Crippen molar-refractivity contribution < 1.29 is 18.7 Å². The minimum absolute atomic E-state index is 0.293. The number of imidazole rings is 1. The summed E-state index contributed by atoms with van der Waals surface area (Å²) in [7, 11) is 3.25. The molecule has 0 aliphatic carbocycles. The monoisotopic (exact) mass is 500 g/mol. The van der Waals surface area contributed by atoms with Crippen LogP contribution in [-0.2, 0) is 11.3 Å². The summed E-state index contributed by atoms with van der Waals surface area (Å²) in [6.45, 7) is 1.07. The van der Waals surface area contributed by atoms with Crippen LogP contribution in [0.4, 0.5) is 26.5 Å². The van der Waals surface area contributed by atoms with Gasteiger partial charge in [-0.1, -0.05) is 0 Å². The van der Waals surface area contributed by atoms with Crippen molar-refractivity contribution in [1.29, 1.82) is 5.26 Å². The number of nitriles is 1. The number of carbonyl (C=O) groups is 2. The Morgan fingerprint density at radius 3 is 2.49 bits per heavy atom. The number of halogens is 1. The van der Waals surface area contributed by atoms with Gasteiger partial charge in [0.15, 0.2) is 0 Å². The van der Waals surface area contributed by atoms with Crippen molar-refractivity contribution in [1.82, 2.24) is 9.55 Å². The number of aromatic nitrogens is 2. The van der Waals surface area contributed by atoms with E-state index in [4.69, 9.17) is 10.00 Å². The number of anilines is 3. The van der Waals surface area contributed by atoms with Crippen LogP contribution in [-0.4, -0.2) is 42.3 Å². The Bertz CT molecular complexity index is 1460. The molecule has 0 bridgehead atoms. The van der Waals surface area contributed by atoms with Gasteiger partial charge in [-0.2, -0.15) is 5.26 Å². The molecule has 188 valence electrons. The van der Waals surface area contributed by atoms with Crippen molar-refractivity contribution in [2.45, 2.75) is 13.0 Å². The number of nitrogens with zero attached hydrogens (tertiary/aromatic N) is 4. The first-order valence-corrected chi connectivity index (χ1v) is 11.5. The summed E-state index contributed by atoms with van der Waals surface area (Å²) in [4.78, 5) is 31.6. The highest BCUT2D eigenvalue weighted by Gasteiger charge is 2.18. The van der Waals surface area contributed by atoms with Gasteiger partial charge in [0.05, 0.1) is 22.7 Å². The van der Waals surface area contributed by atoms with E-state index < -0.39 is 11.8 Å². The number of carbonyl (C=O) groups excluding carboxylic acids is 2. The van der Waals surface area contributed by atoms with Crippen molar-refractivity contribution in [2.75, 3.05) is 36.3 Å². The van der Waals surface area contributed by atoms with Gasteiger partial charge in [-0.15, -0.1) is 0 Å². The smallest absolute Gasteiger partial charge is 0.326 e. The molecule has 0 saturated carbocycles. The predicted molar refractivity (Wildman–Crippen MR) is 139 cm³/mol. The first-order valence-electron chi connectivity index (χ1n) is 11.5. The summed E-state index contributed by atoms with van der Waals surface area (Å²) in [6, 6.07) is 18.8. The van der Waals surface area contributed by atoms with Crippen LogP contribution in [0.2, 0.25) is 0 Å². The lowest BCUT2D eigenvalue weighted by atomic mass is 10.2. The Balaban J connectivity index is 1.59. The van der Waals surface area contributed by atoms with Gasteiger partial charge in [-0.05, 0) is 73.2 Å². The largest absolute Gasteiger partial charge is 0.385 e. The predicted octanol–water partition coefficient (Wildman–Crippen LogP) is 5.00. The average Bonchev–Trinajstić information content (AvgIpc) is 3.24. The molecule has 3 amide bonds. The van der Waals surface area contributed by atoms with E-state index in [0.29, 0.717) is 53.5 Å². The normalized spacial score (nSPS) is 10.6. The molecule has 4 rings (SSSR count). The lowest BCUT2D eigenvalue weighted by Gasteiger charge is -2.17. The van der Waals surface area contributed by atoms with E-state index in [2.05, 4.69) is 15.6 Å². The van der Waals surface area contributed by atoms with E-state index in [1.807, 2.05) is 16.7 Å². The fourth-order valence-electron chi connectivity index (χ4n) is 3.81. The second-order valence-corrected chi connectivity index (χ2v) is 8.25. The molecular weight excluding hydrogens is 475 g/mol. The molecule has 3 aromatic carbocycles. The number of rotatable bonds is 8. The Kier molecular flexibility index (Phi) is 7.76. The van der Waals surface area contributed by atoms with Gasteiger partial charge in [0, 0.05) is 44.2 Å². The highest BCUT2D eigenvalue weighted by Crippen LogP contribution is 2.26. The zero-order chi connectivity index (χ0) is 26.4. The van der Waals surface area contributed by atoms with Gasteiger partial charge in [-0.25, -0.2) is 14.2 Å². The van der Waals surface area contributed by atoms with Gasteiger partial charge >= 0.3 is 6.03 Å². The molecule has 1 aromatic heterocycles. The third kappa shape index (κ3) is 5.91. The third-order valence-corrected chi connectivity index (χ3v) is 5.74. The highest BCUT2D eigenvalue weighted by atomic mass is 19.1. The van der Waals surface area contributed by atoms with Crippen molar-refractivity contribution >= 4 is 40.3 Å². The number of amides is 3.